The molecule has 1 N–H and O–H groups in total. The zero-order valence-corrected chi connectivity index (χ0v) is 23.3. The first-order valence-corrected chi connectivity index (χ1v) is 13.5. The van der Waals surface area contributed by atoms with Gasteiger partial charge in [0.05, 0.1) is 28.3 Å². The number of esters is 1. The van der Waals surface area contributed by atoms with Crippen LogP contribution >= 0.6 is 23.2 Å². The summed E-state index contributed by atoms with van der Waals surface area (Å²) in [5.74, 6) is -0.528. The van der Waals surface area contributed by atoms with Crippen LogP contribution in [-0.2, 0) is 9.53 Å². The highest BCUT2D eigenvalue weighted by molar-refractivity contribution is 6.42. The van der Waals surface area contributed by atoms with Crippen molar-refractivity contribution >= 4 is 41.1 Å². The maximum atomic E-state index is 13.4. The van der Waals surface area contributed by atoms with Crippen molar-refractivity contribution in [3.63, 3.8) is 0 Å². The number of hydrogen-bond acceptors (Lipinski definition) is 5. The number of amides is 3. The molecule has 0 aliphatic carbocycles. The largest absolute Gasteiger partial charge is 0.463 e. The molecule has 1 saturated heterocycles. The van der Waals surface area contributed by atoms with E-state index in [0.717, 1.165) is 0 Å². The van der Waals surface area contributed by atoms with Crippen LogP contribution in [0.3, 0.4) is 0 Å². The Bertz CT molecular complexity index is 1240. The smallest absolute Gasteiger partial charge is 0.338 e. The molecule has 4 rings (SSSR count). The fraction of sp³-hybridized carbons (Fsp3) is 0.393. The van der Waals surface area contributed by atoms with Gasteiger partial charge in [0.15, 0.2) is 0 Å². The summed E-state index contributed by atoms with van der Waals surface area (Å²) in [5.41, 5.74) is 2.07. The number of nitrogens with zero attached hydrogens (tertiary/aromatic N) is 3. The number of likely N-dealkylation sites (N-methyl/N-ethyl adjacent to an activating group) is 1. The standard InChI is InChI=1S/C28H32Cl2N4O4/c1-4-33-22(17-32-14-15-34(18(3)16-32)26(35)19-10-7-6-8-11-19)23(27(36)38-5-2)25(31-28(33)37)20-12-9-13-21(29)24(20)30/h6-13,18,25H,4-5,14-17H2,1-3H3,(H,31,37)/t18-,25+/m0/s1. The van der Waals surface area contributed by atoms with Gasteiger partial charge < -0.3 is 15.0 Å². The average Bonchev–Trinajstić information content (AvgIpc) is 2.90. The molecule has 2 aliphatic heterocycles. The zero-order valence-electron chi connectivity index (χ0n) is 21.7. The van der Waals surface area contributed by atoms with Crippen molar-refractivity contribution in [1.82, 2.24) is 20.0 Å². The molecule has 38 heavy (non-hydrogen) atoms. The molecule has 2 aliphatic rings. The highest BCUT2D eigenvalue weighted by atomic mass is 35.5. The SMILES string of the molecule is CCOC(=O)C1=C(CN2CCN(C(=O)c3ccccc3)[C@@H](C)C2)N(CC)C(=O)N[C@@H]1c1cccc(Cl)c1Cl. The quantitative estimate of drug-likeness (QED) is 0.496. The molecule has 2 atom stereocenters. The number of urea groups is 1. The highest BCUT2D eigenvalue weighted by Crippen LogP contribution is 2.38. The van der Waals surface area contributed by atoms with Crippen molar-refractivity contribution in [1.29, 1.82) is 0 Å². The van der Waals surface area contributed by atoms with E-state index >= 15 is 0 Å². The Balaban J connectivity index is 1.66. The summed E-state index contributed by atoms with van der Waals surface area (Å²) < 4.78 is 5.45. The monoisotopic (exact) mass is 558 g/mol. The molecular weight excluding hydrogens is 527 g/mol. The summed E-state index contributed by atoms with van der Waals surface area (Å²) in [6.07, 6.45) is 0. The minimum absolute atomic E-state index is 0.00734. The fourth-order valence-electron chi connectivity index (χ4n) is 5.07. The second kappa shape index (κ2) is 12.2. The molecule has 0 bridgehead atoms. The number of piperazine rings is 1. The van der Waals surface area contributed by atoms with E-state index in [1.165, 1.54) is 0 Å². The van der Waals surface area contributed by atoms with Gasteiger partial charge in [0, 0.05) is 50.0 Å². The van der Waals surface area contributed by atoms with Crippen LogP contribution in [0.25, 0.3) is 0 Å². The third-order valence-electron chi connectivity index (χ3n) is 6.91. The molecule has 1 fully saturated rings. The Kier molecular flexibility index (Phi) is 8.97. The summed E-state index contributed by atoms with van der Waals surface area (Å²) in [6, 6.07) is 13.2. The number of carbonyl (C=O) groups excluding carboxylic acids is 3. The summed E-state index contributed by atoms with van der Waals surface area (Å²) in [4.78, 5) is 45.2. The molecule has 0 saturated carbocycles. The van der Waals surface area contributed by atoms with Gasteiger partial charge in [-0.3, -0.25) is 14.6 Å². The molecule has 10 heteroatoms. The van der Waals surface area contributed by atoms with E-state index in [-0.39, 0.29) is 29.6 Å². The molecule has 0 radical (unpaired) electrons. The molecule has 3 amide bonds. The van der Waals surface area contributed by atoms with Crippen molar-refractivity contribution in [3.8, 4) is 0 Å². The maximum absolute atomic E-state index is 13.4. The number of nitrogens with one attached hydrogen (secondary N) is 1. The van der Waals surface area contributed by atoms with Gasteiger partial charge in [0.25, 0.3) is 5.91 Å². The minimum atomic E-state index is -0.816. The molecule has 2 aromatic carbocycles. The van der Waals surface area contributed by atoms with E-state index in [2.05, 4.69) is 10.2 Å². The maximum Gasteiger partial charge on any atom is 0.338 e. The van der Waals surface area contributed by atoms with E-state index in [1.54, 1.807) is 30.0 Å². The third-order valence-corrected chi connectivity index (χ3v) is 7.74. The third kappa shape index (κ3) is 5.67. The lowest BCUT2D eigenvalue weighted by Crippen LogP contribution is -2.56. The fourth-order valence-corrected chi connectivity index (χ4v) is 5.49. The van der Waals surface area contributed by atoms with E-state index in [4.69, 9.17) is 27.9 Å². The molecule has 0 spiro atoms. The molecule has 202 valence electrons. The van der Waals surface area contributed by atoms with Crippen LogP contribution in [0.1, 0.15) is 42.7 Å². The predicted molar refractivity (Wildman–Crippen MR) is 147 cm³/mol. The molecule has 8 nitrogen and oxygen atoms in total. The van der Waals surface area contributed by atoms with Gasteiger partial charge >= 0.3 is 12.0 Å². The van der Waals surface area contributed by atoms with Crippen LogP contribution in [0.4, 0.5) is 4.79 Å². The van der Waals surface area contributed by atoms with Crippen molar-refractivity contribution in [2.24, 2.45) is 0 Å². The first kappa shape index (κ1) is 28.0. The van der Waals surface area contributed by atoms with E-state index < -0.39 is 12.0 Å². The van der Waals surface area contributed by atoms with Gasteiger partial charge in [-0.15, -0.1) is 0 Å². The number of rotatable bonds is 7. The van der Waals surface area contributed by atoms with Crippen molar-refractivity contribution in [2.45, 2.75) is 32.9 Å². The first-order chi connectivity index (χ1) is 18.3. The molecule has 2 aromatic rings. The number of ether oxygens (including phenoxy) is 1. The van der Waals surface area contributed by atoms with Gasteiger partial charge in [0.2, 0.25) is 0 Å². The van der Waals surface area contributed by atoms with Gasteiger partial charge in [-0.05, 0) is 44.5 Å². The van der Waals surface area contributed by atoms with Crippen LogP contribution < -0.4 is 5.32 Å². The second-order valence-electron chi connectivity index (χ2n) is 9.30. The van der Waals surface area contributed by atoms with Crippen LogP contribution in [0.15, 0.2) is 59.8 Å². The van der Waals surface area contributed by atoms with E-state index in [1.807, 2.05) is 49.1 Å². The molecule has 0 aromatic heterocycles. The normalized spacial score (nSPS) is 20.4. The van der Waals surface area contributed by atoms with Gasteiger partial charge in [0.1, 0.15) is 0 Å². The number of carbonyl (C=O) groups is 3. The molecule has 2 heterocycles. The lowest BCUT2D eigenvalue weighted by atomic mass is 9.93. The van der Waals surface area contributed by atoms with Gasteiger partial charge in [-0.1, -0.05) is 53.5 Å². The van der Waals surface area contributed by atoms with Crippen molar-refractivity contribution in [2.75, 3.05) is 39.3 Å². The summed E-state index contributed by atoms with van der Waals surface area (Å²) in [5, 5.41) is 3.52. The van der Waals surface area contributed by atoms with Crippen LogP contribution in [0.2, 0.25) is 10.0 Å². The number of halogens is 2. The van der Waals surface area contributed by atoms with Crippen LogP contribution in [0.5, 0.6) is 0 Å². The Morgan fingerprint density at radius 2 is 1.79 bits per heavy atom. The van der Waals surface area contributed by atoms with E-state index in [0.29, 0.717) is 60.1 Å². The Morgan fingerprint density at radius 1 is 1.05 bits per heavy atom. The topological polar surface area (TPSA) is 82.2 Å². The lowest BCUT2D eigenvalue weighted by Gasteiger charge is -2.43. The Labute approximate surface area is 233 Å². The van der Waals surface area contributed by atoms with Crippen LogP contribution in [-0.4, -0.2) is 78.0 Å². The summed E-state index contributed by atoms with van der Waals surface area (Å²) in [7, 11) is 0. The lowest BCUT2D eigenvalue weighted by molar-refractivity contribution is -0.139. The summed E-state index contributed by atoms with van der Waals surface area (Å²) >= 11 is 12.8. The first-order valence-electron chi connectivity index (χ1n) is 12.8. The molecular formula is C28H32Cl2N4O4. The zero-order chi connectivity index (χ0) is 27.4. The minimum Gasteiger partial charge on any atom is -0.463 e. The number of hydrogen-bond donors (Lipinski definition) is 1. The van der Waals surface area contributed by atoms with E-state index in [9.17, 15) is 14.4 Å². The predicted octanol–water partition coefficient (Wildman–Crippen LogP) is 4.74. The Hall–Kier alpha value is -3.07. The van der Waals surface area contributed by atoms with Crippen molar-refractivity contribution in [3.05, 3.63) is 81.0 Å². The highest BCUT2D eigenvalue weighted by Gasteiger charge is 2.40. The Morgan fingerprint density at radius 3 is 2.45 bits per heavy atom. The van der Waals surface area contributed by atoms with Crippen LogP contribution in [0, 0.1) is 0 Å². The van der Waals surface area contributed by atoms with Gasteiger partial charge in [-0.25, -0.2) is 9.59 Å². The number of benzene rings is 2. The summed E-state index contributed by atoms with van der Waals surface area (Å²) in [6.45, 7) is 8.18. The van der Waals surface area contributed by atoms with Crippen molar-refractivity contribution < 1.29 is 19.1 Å². The second-order valence-corrected chi connectivity index (χ2v) is 10.1. The average molecular weight is 559 g/mol. The molecule has 0 unspecified atom stereocenters. The van der Waals surface area contributed by atoms with Gasteiger partial charge in [-0.2, -0.15) is 0 Å².